The normalized spacial score (nSPS) is 14.9. The van der Waals surface area contributed by atoms with E-state index in [1.54, 1.807) is 12.1 Å². The molecular weight excluding hydrogens is 347 g/mol. The van der Waals surface area contributed by atoms with Gasteiger partial charge in [0.1, 0.15) is 0 Å². The first-order valence-corrected chi connectivity index (χ1v) is 11.1. The monoisotopic (exact) mass is 381 g/mol. The van der Waals surface area contributed by atoms with Crippen LogP contribution in [0.1, 0.15) is 82.6 Å². The van der Waals surface area contributed by atoms with Crippen molar-refractivity contribution in [2.45, 2.75) is 77.0 Å². The largest absolute Gasteiger partial charge is 0.491 e. The summed E-state index contributed by atoms with van der Waals surface area (Å²) in [5, 5.41) is 0. The molecule has 151 valence electrons. The van der Waals surface area contributed by atoms with Gasteiger partial charge in [-0.15, -0.1) is 0 Å². The Bertz CT molecular complexity index is 701. The molecule has 1 radical (unpaired) electrons. The van der Waals surface area contributed by atoms with E-state index in [1.165, 1.54) is 56.9 Å². The third kappa shape index (κ3) is 6.09. The van der Waals surface area contributed by atoms with E-state index in [4.69, 9.17) is 4.74 Å². The van der Waals surface area contributed by atoms with Crippen molar-refractivity contribution in [3.05, 3.63) is 60.3 Å². The number of ether oxygens (including phenoxy) is 1. The van der Waals surface area contributed by atoms with Gasteiger partial charge in [0.05, 0.1) is 6.61 Å². The highest BCUT2D eigenvalue weighted by atomic mass is 19.1. The number of hydrogen-bond acceptors (Lipinski definition) is 1. The molecule has 1 saturated carbocycles. The van der Waals surface area contributed by atoms with Gasteiger partial charge in [-0.25, -0.2) is 4.39 Å². The number of hydrogen-bond donors (Lipinski definition) is 0. The summed E-state index contributed by atoms with van der Waals surface area (Å²) in [6.45, 7) is 2.81. The molecule has 0 saturated heterocycles. The molecule has 0 amide bonds. The molecule has 1 aliphatic rings. The average molecular weight is 382 g/mol. The van der Waals surface area contributed by atoms with Crippen LogP contribution in [0, 0.1) is 12.2 Å². The van der Waals surface area contributed by atoms with Crippen LogP contribution in [0.4, 0.5) is 4.39 Å². The van der Waals surface area contributed by atoms with Crippen LogP contribution < -0.4 is 4.74 Å². The van der Waals surface area contributed by atoms with Gasteiger partial charge in [0.2, 0.25) is 0 Å². The van der Waals surface area contributed by atoms with Crippen molar-refractivity contribution < 1.29 is 9.13 Å². The number of benzene rings is 2. The molecular formula is C26H34FO. The number of unbranched alkanes of at least 4 members (excludes halogenated alkanes) is 5. The number of rotatable bonds is 10. The van der Waals surface area contributed by atoms with E-state index in [-0.39, 0.29) is 5.82 Å². The summed E-state index contributed by atoms with van der Waals surface area (Å²) >= 11 is 0. The zero-order chi connectivity index (χ0) is 19.6. The van der Waals surface area contributed by atoms with Crippen molar-refractivity contribution in [3.8, 4) is 16.9 Å². The van der Waals surface area contributed by atoms with E-state index in [2.05, 4.69) is 37.6 Å². The van der Waals surface area contributed by atoms with Crippen molar-refractivity contribution in [3.63, 3.8) is 0 Å². The standard InChI is InChI=1S/C26H34FO/c1-2-3-4-5-6-10-19-28-26-18-17-24(20-25(26)27)23-15-13-22(14-16-23)21-11-8-7-9-12-21/h7,13-18,20-21H,2-6,8-12,19H2,1H3. The molecule has 0 aromatic heterocycles. The molecule has 1 nitrogen and oxygen atoms in total. The predicted octanol–water partition coefficient (Wildman–Crippen LogP) is 8.09. The molecule has 0 N–H and O–H groups in total. The van der Waals surface area contributed by atoms with Gasteiger partial charge in [-0.1, -0.05) is 69.4 Å². The van der Waals surface area contributed by atoms with E-state index in [9.17, 15) is 4.39 Å². The van der Waals surface area contributed by atoms with Crippen LogP contribution in [-0.4, -0.2) is 6.61 Å². The molecule has 0 unspecified atom stereocenters. The van der Waals surface area contributed by atoms with Gasteiger partial charge in [-0.05, 0) is 73.3 Å². The average Bonchev–Trinajstić information content (AvgIpc) is 2.75. The quantitative estimate of drug-likeness (QED) is 0.378. The third-order valence-corrected chi connectivity index (χ3v) is 5.84. The first kappa shape index (κ1) is 20.9. The Morgan fingerprint density at radius 3 is 2.25 bits per heavy atom. The van der Waals surface area contributed by atoms with Gasteiger partial charge in [0.15, 0.2) is 11.6 Å². The summed E-state index contributed by atoms with van der Waals surface area (Å²) in [6, 6.07) is 14.0. The molecule has 0 atom stereocenters. The highest BCUT2D eigenvalue weighted by Gasteiger charge is 2.15. The summed E-state index contributed by atoms with van der Waals surface area (Å²) in [6.07, 6.45) is 14.6. The lowest BCUT2D eigenvalue weighted by molar-refractivity contribution is 0.290. The maximum Gasteiger partial charge on any atom is 0.165 e. The summed E-state index contributed by atoms with van der Waals surface area (Å²) < 4.78 is 20.1. The van der Waals surface area contributed by atoms with Crippen molar-refractivity contribution >= 4 is 0 Å². The first-order valence-electron chi connectivity index (χ1n) is 11.1. The predicted molar refractivity (Wildman–Crippen MR) is 116 cm³/mol. The molecule has 2 aromatic rings. The molecule has 0 heterocycles. The Morgan fingerprint density at radius 2 is 1.54 bits per heavy atom. The van der Waals surface area contributed by atoms with E-state index >= 15 is 0 Å². The van der Waals surface area contributed by atoms with Crippen LogP contribution in [0.2, 0.25) is 0 Å². The summed E-state index contributed by atoms with van der Waals surface area (Å²) in [5.41, 5.74) is 3.39. The second-order valence-corrected chi connectivity index (χ2v) is 8.02. The van der Waals surface area contributed by atoms with Crippen LogP contribution in [0.5, 0.6) is 5.75 Å². The van der Waals surface area contributed by atoms with Crippen LogP contribution in [0.3, 0.4) is 0 Å². The van der Waals surface area contributed by atoms with E-state index in [1.807, 2.05) is 6.07 Å². The second-order valence-electron chi connectivity index (χ2n) is 8.02. The molecule has 0 aliphatic heterocycles. The SMILES string of the molecule is CCCCCCCCOc1ccc(-c2ccc(C3CC[CH]CC3)cc2)cc1F. The summed E-state index contributed by atoms with van der Waals surface area (Å²) in [7, 11) is 0. The highest BCUT2D eigenvalue weighted by Crippen LogP contribution is 2.33. The molecule has 0 spiro atoms. The molecule has 1 aliphatic carbocycles. The van der Waals surface area contributed by atoms with E-state index in [0.717, 1.165) is 24.0 Å². The molecule has 2 aromatic carbocycles. The minimum atomic E-state index is -0.268. The van der Waals surface area contributed by atoms with Gasteiger partial charge in [-0.2, -0.15) is 0 Å². The van der Waals surface area contributed by atoms with Gasteiger partial charge in [0.25, 0.3) is 0 Å². The fourth-order valence-electron chi connectivity index (χ4n) is 4.07. The molecule has 3 rings (SSSR count). The Balaban J connectivity index is 1.51. The molecule has 1 fully saturated rings. The van der Waals surface area contributed by atoms with E-state index in [0.29, 0.717) is 18.3 Å². The van der Waals surface area contributed by atoms with Crippen molar-refractivity contribution in [1.82, 2.24) is 0 Å². The Labute approximate surface area is 170 Å². The third-order valence-electron chi connectivity index (χ3n) is 5.84. The summed E-state index contributed by atoms with van der Waals surface area (Å²) in [4.78, 5) is 0. The second kappa shape index (κ2) is 11.2. The topological polar surface area (TPSA) is 9.23 Å². The van der Waals surface area contributed by atoms with Gasteiger partial charge in [-0.3, -0.25) is 0 Å². The zero-order valence-corrected chi connectivity index (χ0v) is 17.3. The summed E-state index contributed by atoms with van der Waals surface area (Å²) in [5.74, 6) is 0.774. The minimum absolute atomic E-state index is 0.268. The molecule has 28 heavy (non-hydrogen) atoms. The van der Waals surface area contributed by atoms with Crippen molar-refractivity contribution in [2.24, 2.45) is 0 Å². The Kier molecular flexibility index (Phi) is 8.39. The fraction of sp³-hybridized carbons (Fsp3) is 0.500. The van der Waals surface area contributed by atoms with Crippen molar-refractivity contribution in [2.75, 3.05) is 6.61 Å². The Morgan fingerprint density at radius 1 is 0.857 bits per heavy atom. The smallest absolute Gasteiger partial charge is 0.165 e. The van der Waals surface area contributed by atoms with Crippen LogP contribution in [0.15, 0.2) is 42.5 Å². The van der Waals surface area contributed by atoms with Crippen molar-refractivity contribution in [1.29, 1.82) is 0 Å². The lowest BCUT2D eigenvalue weighted by atomic mass is 9.84. The maximum atomic E-state index is 14.5. The lowest BCUT2D eigenvalue weighted by Crippen LogP contribution is -2.04. The van der Waals surface area contributed by atoms with Crippen LogP contribution in [0.25, 0.3) is 11.1 Å². The minimum Gasteiger partial charge on any atom is -0.491 e. The zero-order valence-electron chi connectivity index (χ0n) is 17.3. The van der Waals surface area contributed by atoms with Gasteiger partial charge in [0, 0.05) is 0 Å². The Hall–Kier alpha value is -1.83. The first-order chi connectivity index (χ1) is 13.8. The molecule has 2 heteroatoms. The fourth-order valence-corrected chi connectivity index (χ4v) is 4.07. The highest BCUT2D eigenvalue weighted by molar-refractivity contribution is 5.64. The number of halogens is 1. The lowest BCUT2D eigenvalue weighted by Gasteiger charge is -2.22. The molecule has 0 bridgehead atoms. The van der Waals surface area contributed by atoms with E-state index < -0.39 is 0 Å². The van der Waals surface area contributed by atoms with Crippen LogP contribution >= 0.6 is 0 Å². The maximum absolute atomic E-state index is 14.5. The van der Waals surface area contributed by atoms with Gasteiger partial charge < -0.3 is 4.74 Å². The van der Waals surface area contributed by atoms with Gasteiger partial charge >= 0.3 is 0 Å². The van der Waals surface area contributed by atoms with Crippen LogP contribution in [-0.2, 0) is 0 Å².